The van der Waals surface area contributed by atoms with Crippen LogP contribution in [0.1, 0.15) is 12.5 Å². The molecule has 1 fully saturated rings. The van der Waals surface area contributed by atoms with E-state index in [0.717, 1.165) is 37.4 Å². The molecule has 0 spiro atoms. The van der Waals surface area contributed by atoms with Gasteiger partial charge in [0.05, 0.1) is 12.1 Å². The maximum Gasteiger partial charge on any atom is 0.339 e. The predicted octanol–water partition coefficient (Wildman–Crippen LogP) is 0.541. The third-order valence-corrected chi connectivity index (χ3v) is 4.04. The third-order valence-electron chi connectivity index (χ3n) is 4.04. The van der Waals surface area contributed by atoms with Gasteiger partial charge in [-0.1, -0.05) is 12.1 Å². The molecule has 3 rings (SSSR count). The van der Waals surface area contributed by atoms with Crippen molar-refractivity contribution in [3.63, 3.8) is 0 Å². The Morgan fingerprint density at radius 2 is 2.00 bits per heavy atom. The number of nitrogens with zero attached hydrogens (tertiary/aromatic N) is 1. The Kier molecular flexibility index (Phi) is 4.62. The number of ether oxygens (including phenoxy) is 1. The SMILES string of the molecule is CC(=O)NC[C@H]1C=C(c2ccc(N3CCNCC3)cc2)C(=O)O1. The lowest BCUT2D eigenvalue weighted by Gasteiger charge is -2.29. The molecule has 0 aliphatic carbocycles. The average Bonchev–Trinajstić information content (AvgIpc) is 2.95. The topological polar surface area (TPSA) is 70.7 Å². The fourth-order valence-electron chi connectivity index (χ4n) is 2.82. The maximum atomic E-state index is 12.0. The number of nitrogens with one attached hydrogen (secondary N) is 2. The summed E-state index contributed by atoms with van der Waals surface area (Å²) >= 11 is 0. The zero-order valence-electron chi connectivity index (χ0n) is 13.2. The maximum absolute atomic E-state index is 12.0. The second-order valence-corrected chi connectivity index (χ2v) is 5.75. The first-order valence-electron chi connectivity index (χ1n) is 7.87. The van der Waals surface area contributed by atoms with E-state index in [9.17, 15) is 9.59 Å². The average molecular weight is 315 g/mol. The van der Waals surface area contributed by atoms with Crippen molar-refractivity contribution in [2.75, 3.05) is 37.6 Å². The quantitative estimate of drug-likeness (QED) is 0.794. The Morgan fingerprint density at radius 3 is 2.65 bits per heavy atom. The third kappa shape index (κ3) is 3.71. The molecule has 1 aromatic carbocycles. The molecule has 23 heavy (non-hydrogen) atoms. The largest absolute Gasteiger partial charge is 0.453 e. The molecule has 0 radical (unpaired) electrons. The molecule has 2 aliphatic rings. The molecular weight excluding hydrogens is 294 g/mol. The van der Waals surface area contributed by atoms with E-state index < -0.39 is 6.10 Å². The first-order valence-corrected chi connectivity index (χ1v) is 7.87. The van der Waals surface area contributed by atoms with Gasteiger partial charge in [-0.05, 0) is 23.8 Å². The van der Waals surface area contributed by atoms with Gasteiger partial charge in [-0.3, -0.25) is 4.79 Å². The summed E-state index contributed by atoms with van der Waals surface area (Å²) in [5.74, 6) is -0.474. The number of cyclic esters (lactones) is 1. The Labute approximate surface area is 135 Å². The van der Waals surface area contributed by atoms with Gasteiger partial charge in [0, 0.05) is 38.8 Å². The van der Waals surface area contributed by atoms with Crippen LogP contribution in [0.5, 0.6) is 0 Å². The Balaban J connectivity index is 1.69. The van der Waals surface area contributed by atoms with Gasteiger partial charge in [0.2, 0.25) is 5.91 Å². The molecule has 2 N–H and O–H groups in total. The van der Waals surface area contributed by atoms with Gasteiger partial charge in [-0.15, -0.1) is 0 Å². The van der Waals surface area contributed by atoms with Crippen molar-refractivity contribution in [1.82, 2.24) is 10.6 Å². The monoisotopic (exact) mass is 315 g/mol. The lowest BCUT2D eigenvalue weighted by molar-refractivity contribution is -0.138. The number of esters is 1. The van der Waals surface area contributed by atoms with E-state index >= 15 is 0 Å². The lowest BCUT2D eigenvalue weighted by Crippen LogP contribution is -2.43. The highest BCUT2D eigenvalue weighted by Crippen LogP contribution is 2.26. The van der Waals surface area contributed by atoms with Crippen LogP contribution in [0.4, 0.5) is 5.69 Å². The van der Waals surface area contributed by atoms with Crippen molar-refractivity contribution in [3.05, 3.63) is 35.9 Å². The van der Waals surface area contributed by atoms with Gasteiger partial charge >= 0.3 is 5.97 Å². The van der Waals surface area contributed by atoms with E-state index in [0.29, 0.717) is 12.1 Å². The summed E-state index contributed by atoms with van der Waals surface area (Å²) < 4.78 is 5.26. The van der Waals surface area contributed by atoms with Gasteiger partial charge in [0.25, 0.3) is 0 Å². The smallest absolute Gasteiger partial charge is 0.339 e. The van der Waals surface area contributed by atoms with Crippen LogP contribution in [0.15, 0.2) is 30.3 Å². The molecule has 1 saturated heterocycles. The molecular formula is C17H21N3O3. The number of amides is 1. The summed E-state index contributed by atoms with van der Waals surface area (Å²) in [4.78, 5) is 25.3. The van der Waals surface area contributed by atoms with E-state index in [1.165, 1.54) is 6.92 Å². The minimum Gasteiger partial charge on any atom is -0.453 e. The second-order valence-electron chi connectivity index (χ2n) is 5.75. The van der Waals surface area contributed by atoms with Gasteiger partial charge < -0.3 is 20.3 Å². The first-order chi connectivity index (χ1) is 11.1. The summed E-state index contributed by atoms with van der Waals surface area (Å²) in [6.07, 6.45) is 1.38. The van der Waals surface area contributed by atoms with Crippen LogP contribution < -0.4 is 15.5 Å². The van der Waals surface area contributed by atoms with Crippen molar-refractivity contribution in [1.29, 1.82) is 0 Å². The molecule has 2 heterocycles. The lowest BCUT2D eigenvalue weighted by atomic mass is 10.0. The molecule has 1 aromatic rings. The van der Waals surface area contributed by atoms with Crippen LogP contribution in [-0.4, -0.2) is 50.7 Å². The van der Waals surface area contributed by atoms with E-state index in [2.05, 4.69) is 15.5 Å². The van der Waals surface area contributed by atoms with Crippen LogP contribution in [0, 0.1) is 0 Å². The van der Waals surface area contributed by atoms with E-state index in [1.54, 1.807) is 6.08 Å². The molecule has 0 saturated carbocycles. The number of carbonyl (C=O) groups is 2. The molecule has 0 aromatic heterocycles. The Morgan fingerprint density at radius 1 is 1.30 bits per heavy atom. The van der Waals surface area contributed by atoms with Crippen molar-refractivity contribution < 1.29 is 14.3 Å². The van der Waals surface area contributed by atoms with Gasteiger partial charge in [0.1, 0.15) is 6.10 Å². The van der Waals surface area contributed by atoms with Crippen LogP contribution in [0.3, 0.4) is 0 Å². The van der Waals surface area contributed by atoms with Crippen LogP contribution in [-0.2, 0) is 14.3 Å². The second kappa shape index (κ2) is 6.83. The molecule has 0 unspecified atom stereocenters. The summed E-state index contributed by atoms with van der Waals surface area (Å²) in [5, 5.41) is 5.99. The van der Waals surface area contributed by atoms with Crippen molar-refractivity contribution in [2.45, 2.75) is 13.0 Å². The Hall–Kier alpha value is -2.34. The van der Waals surface area contributed by atoms with E-state index in [1.807, 2.05) is 24.3 Å². The normalized spacial score (nSPS) is 20.9. The standard InChI is InChI=1S/C17H21N3O3/c1-12(21)19-11-15-10-16(17(22)23-15)13-2-4-14(5-3-13)20-8-6-18-7-9-20/h2-5,10,15,18H,6-9,11H2,1H3,(H,19,21)/t15-/m1/s1. The molecule has 1 atom stereocenters. The van der Waals surface area contributed by atoms with Crippen LogP contribution in [0.2, 0.25) is 0 Å². The van der Waals surface area contributed by atoms with Gasteiger partial charge in [-0.2, -0.15) is 0 Å². The minimum atomic E-state index is -0.394. The fourth-order valence-corrected chi connectivity index (χ4v) is 2.82. The summed E-state index contributed by atoms with van der Waals surface area (Å²) in [6.45, 7) is 5.71. The summed E-state index contributed by atoms with van der Waals surface area (Å²) in [6, 6.07) is 7.97. The number of rotatable bonds is 4. The molecule has 6 nitrogen and oxygen atoms in total. The van der Waals surface area contributed by atoms with Gasteiger partial charge in [0.15, 0.2) is 0 Å². The molecule has 6 heteroatoms. The van der Waals surface area contributed by atoms with Crippen molar-refractivity contribution in [2.24, 2.45) is 0 Å². The Bertz CT molecular complexity index is 618. The van der Waals surface area contributed by atoms with Crippen LogP contribution >= 0.6 is 0 Å². The van der Waals surface area contributed by atoms with E-state index in [4.69, 9.17) is 4.74 Å². The zero-order chi connectivity index (χ0) is 16.2. The molecule has 0 bridgehead atoms. The van der Waals surface area contributed by atoms with E-state index in [-0.39, 0.29) is 11.9 Å². The number of hydrogen-bond acceptors (Lipinski definition) is 5. The predicted molar refractivity (Wildman–Crippen MR) is 88.1 cm³/mol. The number of piperazine rings is 1. The fraction of sp³-hybridized carbons (Fsp3) is 0.412. The van der Waals surface area contributed by atoms with Gasteiger partial charge in [-0.25, -0.2) is 4.79 Å². The summed E-state index contributed by atoms with van der Waals surface area (Å²) in [7, 11) is 0. The van der Waals surface area contributed by atoms with Crippen molar-refractivity contribution >= 4 is 23.1 Å². The molecule has 1 amide bonds. The summed E-state index contributed by atoms with van der Waals surface area (Å²) in [5.41, 5.74) is 2.57. The number of carbonyl (C=O) groups excluding carboxylic acids is 2. The number of benzene rings is 1. The molecule has 2 aliphatic heterocycles. The highest BCUT2D eigenvalue weighted by Gasteiger charge is 2.26. The van der Waals surface area contributed by atoms with Crippen LogP contribution in [0.25, 0.3) is 5.57 Å². The zero-order valence-corrected chi connectivity index (χ0v) is 13.2. The minimum absolute atomic E-state index is 0.136. The first kappa shape index (κ1) is 15.6. The number of hydrogen-bond donors (Lipinski definition) is 2. The highest BCUT2D eigenvalue weighted by molar-refractivity contribution is 6.18. The van der Waals surface area contributed by atoms with Crippen molar-refractivity contribution in [3.8, 4) is 0 Å². The highest BCUT2D eigenvalue weighted by atomic mass is 16.5. The number of anilines is 1. The molecule has 122 valence electrons.